The Labute approximate surface area is 95.3 Å². The van der Waals surface area contributed by atoms with Gasteiger partial charge in [0.25, 0.3) is 0 Å². The molecule has 1 amide bonds. The van der Waals surface area contributed by atoms with Crippen molar-refractivity contribution >= 4 is 5.91 Å². The van der Waals surface area contributed by atoms with Crippen molar-refractivity contribution in [3.05, 3.63) is 42.0 Å². The Hall–Kier alpha value is -1.77. The number of hydrogen-bond acceptors (Lipinski definition) is 2. The van der Waals surface area contributed by atoms with Crippen LogP contribution in [0, 0.1) is 0 Å². The number of nitrogens with zero attached hydrogens (tertiary/aromatic N) is 1. The molecule has 0 fully saturated rings. The van der Waals surface area contributed by atoms with E-state index in [4.69, 9.17) is 4.74 Å². The maximum atomic E-state index is 11.5. The molecular formula is C13H15NO2. The van der Waals surface area contributed by atoms with Gasteiger partial charge in [0.15, 0.2) is 0 Å². The first-order chi connectivity index (χ1) is 7.74. The SMILES string of the molecule is C=CC(=O)N1CCc2cc(OC)ccc2C1. The smallest absolute Gasteiger partial charge is 0.246 e. The molecule has 0 radical (unpaired) electrons. The molecule has 0 unspecified atom stereocenters. The molecule has 1 aliphatic rings. The van der Waals surface area contributed by atoms with Crippen LogP contribution < -0.4 is 4.74 Å². The van der Waals surface area contributed by atoms with E-state index in [0.29, 0.717) is 6.54 Å². The summed E-state index contributed by atoms with van der Waals surface area (Å²) in [6, 6.07) is 6.00. The predicted octanol–water partition coefficient (Wildman–Crippen LogP) is 1.77. The lowest BCUT2D eigenvalue weighted by atomic mass is 9.99. The molecule has 0 N–H and O–H groups in total. The minimum atomic E-state index is 0.00136. The number of methoxy groups -OCH3 is 1. The second kappa shape index (κ2) is 4.39. The van der Waals surface area contributed by atoms with Crippen molar-refractivity contribution in [1.29, 1.82) is 0 Å². The van der Waals surface area contributed by atoms with Crippen LogP contribution in [0.4, 0.5) is 0 Å². The highest BCUT2D eigenvalue weighted by molar-refractivity contribution is 5.87. The Balaban J connectivity index is 2.21. The highest BCUT2D eigenvalue weighted by atomic mass is 16.5. The van der Waals surface area contributed by atoms with Gasteiger partial charge in [-0.1, -0.05) is 12.6 Å². The van der Waals surface area contributed by atoms with E-state index < -0.39 is 0 Å². The number of amides is 1. The normalized spacial score (nSPS) is 14.2. The van der Waals surface area contributed by atoms with Crippen molar-refractivity contribution in [2.75, 3.05) is 13.7 Å². The second-order valence-electron chi connectivity index (χ2n) is 3.85. The van der Waals surface area contributed by atoms with Crippen LogP contribution in [0.5, 0.6) is 5.75 Å². The summed E-state index contributed by atoms with van der Waals surface area (Å²) in [4.78, 5) is 13.3. The van der Waals surface area contributed by atoms with Crippen LogP contribution in [0.25, 0.3) is 0 Å². The van der Waals surface area contributed by atoms with Crippen LogP contribution in [0.15, 0.2) is 30.9 Å². The molecule has 1 heterocycles. The summed E-state index contributed by atoms with van der Waals surface area (Å²) in [5, 5.41) is 0. The quantitative estimate of drug-likeness (QED) is 0.706. The molecule has 0 spiro atoms. The third-order valence-electron chi connectivity index (χ3n) is 2.91. The van der Waals surface area contributed by atoms with Gasteiger partial charge >= 0.3 is 0 Å². The molecule has 0 aliphatic carbocycles. The Morgan fingerprint density at radius 1 is 1.50 bits per heavy atom. The number of fused-ring (bicyclic) bond motifs is 1. The van der Waals surface area contributed by atoms with Crippen molar-refractivity contribution in [3.63, 3.8) is 0 Å². The molecule has 3 nitrogen and oxygen atoms in total. The lowest BCUT2D eigenvalue weighted by Gasteiger charge is -2.28. The van der Waals surface area contributed by atoms with Crippen molar-refractivity contribution in [2.45, 2.75) is 13.0 Å². The summed E-state index contributed by atoms with van der Waals surface area (Å²) < 4.78 is 5.18. The summed E-state index contributed by atoms with van der Waals surface area (Å²) >= 11 is 0. The first-order valence-electron chi connectivity index (χ1n) is 5.31. The second-order valence-corrected chi connectivity index (χ2v) is 3.85. The number of rotatable bonds is 2. The first kappa shape index (κ1) is 10.7. The van der Waals surface area contributed by atoms with Gasteiger partial charge in [-0.15, -0.1) is 0 Å². The van der Waals surface area contributed by atoms with Crippen LogP contribution in [-0.2, 0) is 17.8 Å². The third kappa shape index (κ3) is 1.94. The minimum Gasteiger partial charge on any atom is -0.497 e. The minimum absolute atomic E-state index is 0.00136. The summed E-state index contributed by atoms with van der Waals surface area (Å²) in [5.74, 6) is 0.878. The van der Waals surface area contributed by atoms with Gasteiger partial charge in [0, 0.05) is 13.1 Å². The van der Waals surface area contributed by atoms with Crippen molar-refractivity contribution in [2.24, 2.45) is 0 Å². The Kier molecular flexibility index (Phi) is 2.95. The summed E-state index contributed by atoms with van der Waals surface area (Å²) in [7, 11) is 1.66. The van der Waals surface area contributed by atoms with Crippen molar-refractivity contribution < 1.29 is 9.53 Å². The van der Waals surface area contributed by atoms with Crippen LogP contribution in [0.1, 0.15) is 11.1 Å². The van der Waals surface area contributed by atoms with Gasteiger partial charge < -0.3 is 9.64 Å². The van der Waals surface area contributed by atoms with E-state index in [9.17, 15) is 4.79 Å². The fraction of sp³-hybridized carbons (Fsp3) is 0.308. The zero-order valence-corrected chi connectivity index (χ0v) is 9.40. The van der Waals surface area contributed by atoms with Crippen molar-refractivity contribution in [3.8, 4) is 5.75 Å². The van der Waals surface area contributed by atoms with E-state index in [1.54, 1.807) is 7.11 Å². The zero-order valence-electron chi connectivity index (χ0n) is 9.40. The maximum absolute atomic E-state index is 11.5. The first-order valence-corrected chi connectivity index (χ1v) is 5.31. The van der Waals surface area contributed by atoms with Gasteiger partial charge in [-0.25, -0.2) is 0 Å². The van der Waals surface area contributed by atoms with Crippen LogP contribution in [0.2, 0.25) is 0 Å². The van der Waals surface area contributed by atoms with E-state index in [1.807, 2.05) is 23.1 Å². The Morgan fingerprint density at radius 2 is 2.31 bits per heavy atom. The number of carbonyl (C=O) groups is 1. The Bertz CT molecular complexity index is 426. The van der Waals surface area contributed by atoms with E-state index in [2.05, 4.69) is 6.58 Å². The van der Waals surface area contributed by atoms with Gasteiger partial charge in [0.2, 0.25) is 5.91 Å². The molecule has 0 saturated carbocycles. The standard InChI is InChI=1S/C13H15NO2/c1-3-13(15)14-7-6-10-8-12(16-2)5-4-11(10)9-14/h3-5,8H,1,6-7,9H2,2H3. The molecule has 1 aromatic carbocycles. The van der Waals surface area contributed by atoms with E-state index in [-0.39, 0.29) is 5.91 Å². The lowest BCUT2D eigenvalue weighted by molar-refractivity contribution is -0.126. The predicted molar refractivity (Wildman–Crippen MR) is 62.3 cm³/mol. The van der Waals surface area contributed by atoms with Crippen molar-refractivity contribution in [1.82, 2.24) is 4.90 Å². The fourth-order valence-electron chi connectivity index (χ4n) is 1.97. The van der Waals surface area contributed by atoms with Crippen LogP contribution in [0.3, 0.4) is 0 Å². The topological polar surface area (TPSA) is 29.5 Å². The van der Waals surface area contributed by atoms with E-state index in [0.717, 1.165) is 18.7 Å². The molecule has 1 aliphatic heterocycles. The molecule has 16 heavy (non-hydrogen) atoms. The Morgan fingerprint density at radius 3 is 3.00 bits per heavy atom. The lowest BCUT2D eigenvalue weighted by Crippen LogP contribution is -2.34. The molecule has 0 aromatic heterocycles. The monoisotopic (exact) mass is 217 g/mol. The third-order valence-corrected chi connectivity index (χ3v) is 2.91. The van der Waals surface area contributed by atoms with Crippen LogP contribution >= 0.6 is 0 Å². The van der Waals surface area contributed by atoms with Gasteiger partial charge in [-0.05, 0) is 35.8 Å². The van der Waals surface area contributed by atoms with Gasteiger partial charge in [-0.3, -0.25) is 4.79 Å². The fourth-order valence-corrected chi connectivity index (χ4v) is 1.97. The number of benzene rings is 1. The molecule has 3 heteroatoms. The number of carbonyl (C=O) groups excluding carboxylic acids is 1. The molecule has 84 valence electrons. The maximum Gasteiger partial charge on any atom is 0.246 e. The van der Waals surface area contributed by atoms with E-state index >= 15 is 0 Å². The average Bonchev–Trinajstić information content (AvgIpc) is 2.36. The summed E-state index contributed by atoms with van der Waals surface area (Å²) in [6.45, 7) is 4.93. The van der Waals surface area contributed by atoms with Gasteiger partial charge in [0.05, 0.1) is 7.11 Å². The molecule has 2 rings (SSSR count). The largest absolute Gasteiger partial charge is 0.497 e. The molecule has 1 aromatic rings. The highest BCUT2D eigenvalue weighted by Crippen LogP contribution is 2.23. The molecule has 0 saturated heterocycles. The number of ether oxygens (including phenoxy) is 1. The summed E-state index contributed by atoms with van der Waals surface area (Å²) in [5.41, 5.74) is 2.47. The summed E-state index contributed by atoms with van der Waals surface area (Å²) in [6.07, 6.45) is 2.25. The van der Waals surface area contributed by atoms with Gasteiger partial charge in [0.1, 0.15) is 5.75 Å². The highest BCUT2D eigenvalue weighted by Gasteiger charge is 2.18. The van der Waals surface area contributed by atoms with E-state index in [1.165, 1.54) is 17.2 Å². The molecule has 0 bridgehead atoms. The molecular weight excluding hydrogens is 202 g/mol. The van der Waals surface area contributed by atoms with Crippen LogP contribution in [-0.4, -0.2) is 24.5 Å². The average molecular weight is 217 g/mol. The van der Waals surface area contributed by atoms with Gasteiger partial charge in [-0.2, -0.15) is 0 Å². The number of hydrogen-bond donors (Lipinski definition) is 0. The zero-order chi connectivity index (χ0) is 11.5. The molecule has 0 atom stereocenters.